The van der Waals surface area contributed by atoms with Crippen molar-refractivity contribution in [2.24, 2.45) is 0 Å². The lowest BCUT2D eigenvalue weighted by Crippen LogP contribution is -2.07. The average Bonchev–Trinajstić information content (AvgIpc) is 3.29. The zero-order valence-electron chi connectivity index (χ0n) is 15.5. The predicted molar refractivity (Wildman–Crippen MR) is 104 cm³/mol. The zero-order valence-corrected chi connectivity index (χ0v) is 15.5. The fourth-order valence-corrected chi connectivity index (χ4v) is 4.26. The lowest BCUT2D eigenvalue weighted by molar-refractivity contribution is 0.0600. The van der Waals surface area contributed by atoms with Crippen molar-refractivity contribution in [2.75, 3.05) is 7.11 Å². The summed E-state index contributed by atoms with van der Waals surface area (Å²) >= 11 is 0. The first-order valence-corrected chi connectivity index (χ1v) is 9.13. The van der Waals surface area contributed by atoms with Crippen LogP contribution in [-0.4, -0.2) is 13.1 Å². The van der Waals surface area contributed by atoms with Crippen molar-refractivity contribution in [1.82, 2.24) is 0 Å². The van der Waals surface area contributed by atoms with Crippen LogP contribution in [0.2, 0.25) is 0 Å². The topological polar surface area (TPSA) is 59.3 Å². The van der Waals surface area contributed by atoms with Crippen molar-refractivity contribution in [2.45, 2.75) is 19.1 Å². The van der Waals surface area contributed by atoms with E-state index < -0.39 is 0 Å². The standard InChI is InChI=1S/C24H17NO3/c1-13-3-6-17(16(9-13)12-25)14-4-7-18-20(10-14)23-21-11-15(24(26)27-2)5-8-19(21)22(18)28-23/h3-11,22-23H,1-2H3. The number of aryl methyl sites for hydroxylation is 1. The van der Waals surface area contributed by atoms with E-state index >= 15 is 0 Å². The molecule has 2 aliphatic rings. The Kier molecular flexibility index (Phi) is 3.61. The summed E-state index contributed by atoms with van der Waals surface area (Å²) in [6.07, 6.45) is -0.306. The second kappa shape index (κ2) is 6.05. The molecule has 0 fully saturated rings. The number of hydrogen-bond acceptors (Lipinski definition) is 4. The van der Waals surface area contributed by atoms with Gasteiger partial charge in [0.1, 0.15) is 12.2 Å². The molecule has 3 aromatic carbocycles. The third kappa shape index (κ3) is 2.30. The molecule has 2 atom stereocenters. The zero-order chi connectivity index (χ0) is 19.4. The van der Waals surface area contributed by atoms with Crippen molar-refractivity contribution >= 4 is 5.97 Å². The normalized spacial score (nSPS) is 18.3. The fraction of sp³-hybridized carbons (Fsp3) is 0.167. The fourth-order valence-electron chi connectivity index (χ4n) is 4.26. The van der Waals surface area contributed by atoms with Crippen molar-refractivity contribution < 1.29 is 14.3 Å². The molecule has 0 radical (unpaired) electrons. The molecule has 2 aliphatic heterocycles. The van der Waals surface area contributed by atoms with E-state index in [4.69, 9.17) is 9.47 Å². The van der Waals surface area contributed by atoms with E-state index in [2.05, 4.69) is 24.3 Å². The molecule has 5 rings (SSSR count). The van der Waals surface area contributed by atoms with Gasteiger partial charge in [-0.05, 0) is 70.1 Å². The van der Waals surface area contributed by atoms with E-state index in [0.29, 0.717) is 11.1 Å². The number of ether oxygens (including phenoxy) is 2. The van der Waals surface area contributed by atoms with Gasteiger partial charge in [0, 0.05) is 0 Å². The number of esters is 1. The molecule has 0 aromatic heterocycles. The van der Waals surface area contributed by atoms with Crippen molar-refractivity contribution in [1.29, 1.82) is 5.26 Å². The van der Waals surface area contributed by atoms with Crippen LogP contribution in [0.25, 0.3) is 11.1 Å². The molecule has 0 saturated carbocycles. The van der Waals surface area contributed by atoms with E-state index in [1.165, 1.54) is 7.11 Å². The van der Waals surface area contributed by atoms with Crippen LogP contribution in [0.5, 0.6) is 0 Å². The number of hydrogen-bond donors (Lipinski definition) is 0. The molecule has 2 bridgehead atoms. The van der Waals surface area contributed by atoms with E-state index in [1.54, 1.807) is 6.07 Å². The molecule has 0 N–H and O–H groups in total. The molecule has 0 amide bonds. The predicted octanol–water partition coefficient (Wildman–Crippen LogP) is 4.84. The summed E-state index contributed by atoms with van der Waals surface area (Å²) < 4.78 is 11.1. The third-order valence-corrected chi connectivity index (χ3v) is 5.60. The average molecular weight is 367 g/mol. The first-order chi connectivity index (χ1) is 13.6. The summed E-state index contributed by atoms with van der Waals surface area (Å²) in [6.45, 7) is 1.98. The van der Waals surface area contributed by atoms with Gasteiger partial charge in [0.2, 0.25) is 0 Å². The summed E-state index contributed by atoms with van der Waals surface area (Å²) in [7, 11) is 1.38. The van der Waals surface area contributed by atoms with E-state index in [-0.39, 0.29) is 18.2 Å². The Morgan fingerprint density at radius 1 is 0.964 bits per heavy atom. The highest BCUT2D eigenvalue weighted by molar-refractivity contribution is 5.90. The van der Waals surface area contributed by atoms with Crippen molar-refractivity contribution in [3.05, 3.63) is 93.5 Å². The number of fused-ring (bicyclic) bond motifs is 8. The Bertz CT molecular complexity index is 1190. The summed E-state index contributed by atoms with van der Waals surface area (Å²) in [5.41, 5.74) is 8.54. The quantitative estimate of drug-likeness (QED) is 0.608. The van der Waals surface area contributed by atoms with Gasteiger partial charge in [-0.15, -0.1) is 0 Å². The lowest BCUT2D eigenvalue weighted by Gasteiger charge is -2.18. The molecular formula is C24H17NO3. The van der Waals surface area contributed by atoms with Crippen LogP contribution in [0.15, 0.2) is 54.6 Å². The van der Waals surface area contributed by atoms with E-state index in [9.17, 15) is 10.1 Å². The van der Waals surface area contributed by atoms with Crippen LogP contribution in [0.4, 0.5) is 0 Å². The van der Waals surface area contributed by atoms with Gasteiger partial charge in [-0.1, -0.05) is 30.3 Å². The van der Waals surface area contributed by atoms with Gasteiger partial charge in [0.05, 0.1) is 24.3 Å². The Balaban J connectivity index is 1.60. The van der Waals surface area contributed by atoms with E-state index in [0.717, 1.165) is 38.9 Å². The van der Waals surface area contributed by atoms with Crippen LogP contribution in [0.1, 0.15) is 55.9 Å². The number of methoxy groups -OCH3 is 1. The molecule has 0 saturated heterocycles. The van der Waals surface area contributed by atoms with Gasteiger partial charge in [-0.25, -0.2) is 4.79 Å². The van der Waals surface area contributed by atoms with Crippen LogP contribution in [0.3, 0.4) is 0 Å². The molecule has 2 unspecified atom stereocenters. The summed E-state index contributed by atoms with van der Waals surface area (Å²) in [5.74, 6) is -0.349. The van der Waals surface area contributed by atoms with Crippen molar-refractivity contribution in [3.63, 3.8) is 0 Å². The SMILES string of the molecule is COC(=O)c1ccc2c(c1)C1OC2c2ccc(-c3ccc(C)cc3C#N)cc21. The largest absolute Gasteiger partial charge is 0.465 e. The number of carbonyl (C=O) groups excluding carboxylic acids is 1. The number of benzene rings is 3. The van der Waals surface area contributed by atoms with Gasteiger partial charge in [0.25, 0.3) is 0 Å². The Morgan fingerprint density at radius 2 is 1.68 bits per heavy atom. The van der Waals surface area contributed by atoms with Crippen LogP contribution < -0.4 is 0 Å². The molecule has 3 aromatic rings. The maximum absolute atomic E-state index is 11.9. The maximum atomic E-state index is 11.9. The summed E-state index contributed by atoms with van der Waals surface area (Å²) in [6, 6.07) is 20.1. The minimum Gasteiger partial charge on any atom is -0.465 e. The monoisotopic (exact) mass is 367 g/mol. The number of nitrogens with zero attached hydrogens (tertiary/aromatic N) is 1. The van der Waals surface area contributed by atoms with Crippen LogP contribution >= 0.6 is 0 Å². The third-order valence-electron chi connectivity index (χ3n) is 5.60. The highest BCUT2D eigenvalue weighted by atomic mass is 16.5. The molecule has 4 nitrogen and oxygen atoms in total. The Morgan fingerprint density at radius 3 is 2.43 bits per heavy atom. The maximum Gasteiger partial charge on any atom is 0.337 e. The number of rotatable bonds is 2. The highest BCUT2D eigenvalue weighted by Gasteiger charge is 2.43. The first-order valence-electron chi connectivity index (χ1n) is 9.13. The lowest BCUT2D eigenvalue weighted by atomic mass is 9.83. The molecular weight excluding hydrogens is 350 g/mol. The second-order valence-electron chi connectivity index (χ2n) is 7.24. The van der Waals surface area contributed by atoms with Gasteiger partial charge in [-0.3, -0.25) is 0 Å². The van der Waals surface area contributed by atoms with Gasteiger partial charge < -0.3 is 9.47 Å². The molecule has 0 aliphatic carbocycles. The second-order valence-corrected chi connectivity index (χ2v) is 7.24. The molecule has 2 heterocycles. The molecule has 4 heteroatoms. The molecule has 28 heavy (non-hydrogen) atoms. The minimum absolute atomic E-state index is 0.107. The molecule has 136 valence electrons. The van der Waals surface area contributed by atoms with Gasteiger partial charge >= 0.3 is 5.97 Å². The number of nitriles is 1. The Hall–Kier alpha value is -3.42. The highest BCUT2D eigenvalue weighted by Crippen LogP contribution is 2.54. The van der Waals surface area contributed by atoms with E-state index in [1.807, 2.05) is 37.3 Å². The first kappa shape index (κ1) is 16.7. The smallest absolute Gasteiger partial charge is 0.337 e. The van der Waals surface area contributed by atoms with Crippen LogP contribution in [0, 0.1) is 18.3 Å². The van der Waals surface area contributed by atoms with Crippen molar-refractivity contribution in [3.8, 4) is 17.2 Å². The minimum atomic E-state index is -0.349. The van der Waals surface area contributed by atoms with Crippen LogP contribution in [-0.2, 0) is 9.47 Å². The Labute approximate surface area is 163 Å². The molecule has 0 spiro atoms. The van der Waals surface area contributed by atoms with Gasteiger partial charge in [-0.2, -0.15) is 5.26 Å². The number of carbonyl (C=O) groups is 1. The summed E-state index contributed by atoms with van der Waals surface area (Å²) in [5, 5.41) is 9.52. The summed E-state index contributed by atoms with van der Waals surface area (Å²) in [4.78, 5) is 11.9. The van der Waals surface area contributed by atoms with Gasteiger partial charge in [0.15, 0.2) is 0 Å².